The van der Waals surface area contributed by atoms with Crippen molar-refractivity contribution in [3.8, 4) is 5.75 Å². The molecule has 0 saturated carbocycles. The van der Waals surface area contributed by atoms with Gasteiger partial charge in [-0.3, -0.25) is 0 Å². The second-order valence-corrected chi connectivity index (χ2v) is 7.50. The molecule has 1 aliphatic rings. The van der Waals surface area contributed by atoms with Gasteiger partial charge < -0.3 is 14.4 Å². The molecule has 0 aromatic heterocycles. The first-order valence-corrected chi connectivity index (χ1v) is 8.49. The summed E-state index contributed by atoms with van der Waals surface area (Å²) in [5.41, 5.74) is 2.94. The quantitative estimate of drug-likeness (QED) is 0.875. The summed E-state index contributed by atoms with van der Waals surface area (Å²) >= 11 is 0. The van der Waals surface area contributed by atoms with E-state index in [4.69, 9.17) is 9.31 Å². The van der Waals surface area contributed by atoms with E-state index in [1.54, 1.807) is 12.1 Å². The minimum atomic E-state index is -0.310. The molecule has 0 spiro atoms. The van der Waals surface area contributed by atoms with Crippen LogP contribution in [0.15, 0.2) is 48.5 Å². The molecule has 0 unspecified atom stereocenters. The normalized spacial score (nSPS) is 18.8. The average molecular weight is 324 g/mol. The summed E-state index contributed by atoms with van der Waals surface area (Å²) < 4.78 is 12.2. The van der Waals surface area contributed by atoms with Crippen LogP contribution in [-0.4, -0.2) is 23.4 Å². The van der Waals surface area contributed by atoms with E-state index in [9.17, 15) is 5.11 Å². The highest BCUT2D eigenvalue weighted by Gasteiger charge is 2.51. The Bertz CT molecular complexity index is 674. The number of aromatic hydroxyl groups is 1. The van der Waals surface area contributed by atoms with Gasteiger partial charge in [-0.2, -0.15) is 0 Å². The van der Waals surface area contributed by atoms with E-state index in [1.807, 2.05) is 12.1 Å². The van der Waals surface area contributed by atoms with Crippen LogP contribution in [0.3, 0.4) is 0 Å². The summed E-state index contributed by atoms with van der Waals surface area (Å²) in [5, 5.41) is 9.33. The van der Waals surface area contributed by atoms with Crippen molar-refractivity contribution in [2.75, 3.05) is 0 Å². The molecule has 1 fully saturated rings. The van der Waals surface area contributed by atoms with Gasteiger partial charge in [-0.25, -0.2) is 0 Å². The van der Waals surface area contributed by atoms with Gasteiger partial charge in [0, 0.05) is 0 Å². The fourth-order valence-corrected chi connectivity index (χ4v) is 2.77. The summed E-state index contributed by atoms with van der Waals surface area (Å²) in [7, 11) is -0.304. The van der Waals surface area contributed by atoms with E-state index in [2.05, 4.69) is 52.0 Å². The van der Waals surface area contributed by atoms with Crippen LogP contribution < -0.4 is 5.46 Å². The predicted octanol–water partition coefficient (Wildman–Crippen LogP) is 3.48. The van der Waals surface area contributed by atoms with E-state index in [1.165, 1.54) is 11.1 Å². The highest BCUT2D eigenvalue weighted by atomic mass is 16.7. The molecule has 1 N–H and O–H groups in total. The zero-order valence-corrected chi connectivity index (χ0v) is 14.9. The van der Waals surface area contributed by atoms with Gasteiger partial charge in [0.1, 0.15) is 5.75 Å². The van der Waals surface area contributed by atoms with Crippen LogP contribution in [0.1, 0.15) is 38.8 Å². The first-order chi connectivity index (χ1) is 11.3. The number of benzene rings is 2. The summed E-state index contributed by atoms with van der Waals surface area (Å²) in [5.74, 6) is 0.311. The lowest BCUT2D eigenvalue weighted by atomic mass is 9.78. The molecule has 3 nitrogen and oxygen atoms in total. The molecule has 0 radical (unpaired) electrons. The average Bonchev–Trinajstić information content (AvgIpc) is 2.75. The lowest BCUT2D eigenvalue weighted by Crippen LogP contribution is -2.41. The molecule has 126 valence electrons. The SMILES string of the molecule is CC1(C)OB(c2ccc(CCc3ccc(O)cc3)cc2)OC1(C)C. The number of rotatable bonds is 4. The molecule has 0 amide bonds. The van der Waals surface area contributed by atoms with Crippen LogP contribution in [0.5, 0.6) is 5.75 Å². The monoisotopic (exact) mass is 324 g/mol. The largest absolute Gasteiger partial charge is 0.508 e. The number of hydrogen-bond acceptors (Lipinski definition) is 3. The van der Waals surface area contributed by atoms with Crippen molar-refractivity contribution in [3.05, 3.63) is 59.7 Å². The molecule has 4 heteroatoms. The fraction of sp³-hybridized carbons (Fsp3) is 0.400. The fourth-order valence-electron chi connectivity index (χ4n) is 2.77. The van der Waals surface area contributed by atoms with Gasteiger partial charge in [0.2, 0.25) is 0 Å². The van der Waals surface area contributed by atoms with E-state index in [0.29, 0.717) is 5.75 Å². The van der Waals surface area contributed by atoms with Gasteiger partial charge in [-0.1, -0.05) is 36.4 Å². The van der Waals surface area contributed by atoms with Crippen molar-refractivity contribution >= 4 is 12.6 Å². The lowest BCUT2D eigenvalue weighted by molar-refractivity contribution is 0.00578. The second-order valence-electron chi connectivity index (χ2n) is 7.50. The minimum absolute atomic E-state index is 0.304. The predicted molar refractivity (Wildman–Crippen MR) is 97.7 cm³/mol. The maximum Gasteiger partial charge on any atom is 0.494 e. The number of hydrogen-bond donors (Lipinski definition) is 1. The lowest BCUT2D eigenvalue weighted by Gasteiger charge is -2.32. The zero-order valence-electron chi connectivity index (χ0n) is 14.9. The van der Waals surface area contributed by atoms with E-state index < -0.39 is 0 Å². The van der Waals surface area contributed by atoms with E-state index in [-0.39, 0.29) is 18.3 Å². The Morgan fingerprint density at radius 2 is 1.17 bits per heavy atom. The first kappa shape index (κ1) is 17.1. The Balaban J connectivity index is 1.63. The van der Waals surface area contributed by atoms with Crippen molar-refractivity contribution in [3.63, 3.8) is 0 Å². The van der Waals surface area contributed by atoms with Crippen molar-refractivity contribution in [2.24, 2.45) is 0 Å². The van der Waals surface area contributed by atoms with Crippen LogP contribution in [-0.2, 0) is 22.2 Å². The highest BCUT2D eigenvalue weighted by molar-refractivity contribution is 6.62. The Morgan fingerprint density at radius 3 is 1.62 bits per heavy atom. The second kappa shape index (κ2) is 6.27. The summed E-state index contributed by atoms with van der Waals surface area (Å²) in [6.45, 7) is 8.27. The molecule has 3 rings (SSSR count). The van der Waals surface area contributed by atoms with Crippen molar-refractivity contribution in [2.45, 2.75) is 51.7 Å². The Kier molecular flexibility index (Phi) is 4.45. The molecule has 2 aromatic carbocycles. The molecule has 0 aliphatic carbocycles. The van der Waals surface area contributed by atoms with Crippen molar-refractivity contribution < 1.29 is 14.4 Å². The van der Waals surface area contributed by atoms with Crippen LogP contribution in [0.4, 0.5) is 0 Å². The maximum absolute atomic E-state index is 9.33. The molecule has 1 heterocycles. The smallest absolute Gasteiger partial charge is 0.494 e. The third-order valence-corrected chi connectivity index (χ3v) is 5.14. The van der Waals surface area contributed by atoms with Gasteiger partial charge in [-0.15, -0.1) is 0 Å². The standard InChI is InChI=1S/C20H25BO3/c1-19(2)20(3,4)24-21(23-19)17-11-7-15(8-12-17)5-6-16-9-13-18(22)14-10-16/h7-14,22H,5-6H2,1-4H3. The van der Waals surface area contributed by atoms with Crippen LogP contribution in [0.2, 0.25) is 0 Å². The molecular weight excluding hydrogens is 299 g/mol. The minimum Gasteiger partial charge on any atom is -0.508 e. The van der Waals surface area contributed by atoms with Gasteiger partial charge in [0.05, 0.1) is 11.2 Å². The third-order valence-electron chi connectivity index (χ3n) is 5.14. The molecule has 2 aromatic rings. The molecule has 1 saturated heterocycles. The number of aryl methyl sites for hydroxylation is 2. The highest BCUT2D eigenvalue weighted by Crippen LogP contribution is 2.36. The molecule has 0 bridgehead atoms. The Morgan fingerprint density at radius 1 is 0.750 bits per heavy atom. The number of phenols is 1. The van der Waals surface area contributed by atoms with E-state index >= 15 is 0 Å². The van der Waals surface area contributed by atoms with Crippen LogP contribution in [0, 0.1) is 0 Å². The topological polar surface area (TPSA) is 38.7 Å². The summed E-state index contributed by atoms with van der Waals surface area (Å²) in [6.07, 6.45) is 1.92. The molecule has 24 heavy (non-hydrogen) atoms. The summed E-state index contributed by atoms with van der Waals surface area (Å²) in [6, 6.07) is 15.9. The third kappa shape index (κ3) is 3.50. The molecular formula is C20H25BO3. The van der Waals surface area contributed by atoms with Crippen LogP contribution >= 0.6 is 0 Å². The Hall–Kier alpha value is -1.78. The maximum atomic E-state index is 9.33. The summed E-state index contributed by atoms with van der Waals surface area (Å²) in [4.78, 5) is 0. The van der Waals surface area contributed by atoms with Gasteiger partial charge in [0.25, 0.3) is 0 Å². The van der Waals surface area contributed by atoms with Crippen molar-refractivity contribution in [1.82, 2.24) is 0 Å². The van der Waals surface area contributed by atoms with Crippen molar-refractivity contribution in [1.29, 1.82) is 0 Å². The van der Waals surface area contributed by atoms with Crippen LogP contribution in [0.25, 0.3) is 0 Å². The van der Waals surface area contributed by atoms with Gasteiger partial charge in [0.15, 0.2) is 0 Å². The van der Waals surface area contributed by atoms with Gasteiger partial charge >= 0.3 is 7.12 Å². The van der Waals surface area contributed by atoms with E-state index in [0.717, 1.165) is 18.3 Å². The molecule has 0 atom stereocenters. The molecule has 1 aliphatic heterocycles. The Labute approximate surface area is 144 Å². The number of phenolic OH excluding ortho intramolecular Hbond substituents is 1. The zero-order chi connectivity index (χ0) is 17.4. The van der Waals surface area contributed by atoms with Gasteiger partial charge in [-0.05, 0) is 69.3 Å². The first-order valence-electron chi connectivity index (χ1n) is 8.49.